The number of hydrogen-bond donors (Lipinski definition) is 2. The summed E-state index contributed by atoms with van der Waals surface area (Å²) in [7, 11) is 0. The maximum absolute atomic E-state index is 12.7. The molecule has 0 aliphatic heterocycles. The van der Waals surface area contributed by atoms with Gasteiger partial charge in [0.1, 0.15) is 29.5 Å². The number of carbonyl (C=O) groups is 1. The highest BCUT2D eigenvalue weighted by Crippen LogP contribution is 2.33. The second kappa shape index (κ2) is 5.92. The number of hydrogen-bond acceptors (Lipinski definition) is 3. The van der Waals surface area contributed by atoms with Crippen LogP contribution in [0.3, 0.4) is 0 Å². The standard InChI is InChI=1S/C14H10BrFO4/c15-12-6-10(5-11(13(12)17)14(18)19)20-7-8-1-3-9(16)4-2-8/h1-6,17H,7H2,(H,18,19). The number of aromatic carboxylic acids is 1. The molecular formula is C14H10BrFO4. The maximum atomic E-state index is 12.7. The van der Waals surface area contributed by atoms with Crippen LogP contribution in [-0.2, 0) is 6.61 Å². The second-order valence-corrected chi connectivity index (χ2v) is 4.88. The number of halogens is 2. The van der Waals surface area contributed by atoms with Crippen LogP contribution in [0.25, 0.3) is 0 Å². The van der Waals surface area contributed by atoms with Gasteiger partial charge < -0.3 is 14.9 Å². The Morgan fingerprint density at radius 3 is 2.50 bits per heavy atom. The van der Waals surface area contributed by atoms with Crippen LogP contribution in [0.5, 0.6) is 11.5 Å². The SMILES string of the molecule is O=C(O)c1cc(OCc2ccc(F)cc2)cc(Br)c1O. The average Bonchev–Trinajstić information content (AvgIpc) is 2.41. The lowest BCUT2D eigenvalue weighted by Gasteiger charge is -2.09. The van der Waals surface area contributed by atoms with E-state index in [1.165, 1.54) is 24.3 Å². The molecule has 0 fully saturated rings. The first-order chi connectivity index (χ1) is 9.47. The summed E-state index contributed by atoms with van der Waals surface area (Å²) in [5.41, 5.74) is 0.487. The highest BCUT2D eigenvalue weighted by molar-refractivity contribution is 9.10. The topological polar surface area (TPSA) is 66.8 Å². The molecule has 0 aliphatic rings. The van der Waals surface area contributed by atoms with Crippen molar-refractivity contribution in [3.63, 3.8) is 0 Å². The summed E-state index contributed by atoms with van der Waals surface area (Å²) in [6.45, 7) is 0.163. The molecule has 20 heavy (non-hydrogen) atoms. The van der Waals surface area contributed by atoms with Crippen molar-refractivity contribution in [2.45, 2.75) is 6.61 Å². The van der Waals surface area contributed by atoms with Crippen molar-refractivity contribution in [2.75, 3.05) is 0 Å². The molecule has 0 aromatic heterocycles. The Morgan fingerprint density at radius 1 is 1.25 bits per heavy atom. The molecule has 0 unspecified atom stereocenters. The number of aromatic hydroxyl groups is 1. The van der Waals surface area contributed by atoms with Gasteiger partial charge in [0.25, 0.3) is 0 Å². The van der Waals surface area contributed by atoms with Crippen LogP contribution in [0.15, 0.2) is 40.9 Å². The molecule has 4 nitrogen and oxygen atoms in total. The van der Waals surface area contributed by atoms with Crippen molar-refractivity contribution in [3.8, 4) is 11.5 Å². The molecule has 2 N–H and O–H groups in total. The third-order valence-corrected chi connectivity index (χ3v) is 3.19. The van der Waals surface area contributed by atoms with E-state index in [1.807, 2.05) is 0 Å². The largest absolute Gasteiger partial charge is 0.506 e. The van der Waals surface area contributed by atoms with Crippen molar-refractivity contribution in [3.05, 3.63) is 57.8 Å². The lowest BCUT2D eigenvalue weighted by molar-refractivity contribution is 0.0693. The lowest BCUT2D eigenvalue weighted by Crippen LogP contribution is -2.00. The molecule has 0 radical (unpaired) electrons. The predicted octanol–water partition coefficient (Wildman–Crippen LogP) is 3.57. The van der Waals surface area contributed by atoms with Crippen molar-refractivity contribution in [2.24, 2.45) is 0 Å². The Bertz CT molecular complexity index is 640. The van der Waals surface area contributed by atoms with Crippen molar-refractivity contribution >= 4 is 21.9 Å². The van der Waals surface area contributed by atoms with Gasteiger partial charge in [0.15, 0.2) is 0 Å². The zero-order chi connectivity index (χ0) is 14.7. The predicted molar refractivity (Wildman–Crippen MR) is 73.5 cm³/mol. The highest BCUT2D eigenvalue weighted by atomic mass is 79.9. The second-order valence-electron chi connectivity index (χ2n) is 4.02. The van der Waals surface area contributed by atoms with Gasteiger partial charge in [-0.25, -0.2) is 9.18 Å². The quantitative estimate of drug-likeness (QED) is 0.892. The van der Waals surface area contributed by atoms with E-state index in [0.29, 0.717) is 0 Å². The van der Waals surface area contributed by atoms with E-state index in [0.717, 1.165) is 5.56 Å². The number of benzene rings is 2. The fourth-order valence-electron chi connectivity index (χ4n) is 1.57. The van der Waals surface area contributed by atoms with Gasteiger partial charge in [-0.2, -0.15) is 0 Å². The molecule has 104 valence electrons. The summed E-state index contributed by atoms with van der Waals surface area (Å²) in [5, 5.41) is 18.5. The van der Waals surface area contributed by atoms with E-state index in [4.69, 9.17) is 9.84 Å². The fraction of sp³-hybridized carbons (Fsp3) is 0.0714. The van der Waals surface area contributed by atoms with Gasteiger partial charge in [-0.1, -0.05) is 12.1 Å². The zero-order valence-electron chi connectivity index (χ0n) is 10.1. The molecule has 0 saturated carbocycles. The normalized spacial score (nSPS) is 10.3. The Balaban J connectivity index is 2.17. The van der Waals surface area contributed by atoms with Gasteiger partial charge in [0.2, 0.25) is 0 Å². The minimum atomic E-state index is -1.25. The number of carboxylic acid groups (broad SMARTS) is 1. The van der Waals surface area contributed by atoms with E-state index in [2.05, 4.69) is 15.9 Å². The summed E-state index contributed by atoms with van der Waals surface area (Å²) in [6, 6.07) is 8.46. The molecule has 0 bridgehead atoms. The Kier molecular flexibility index (Phi) is 4.24. The minimum absolute atomic E-state index is 0.163. The molecule has 2 aromatic rings. The summed E-state index contributed by atoms with van der Waals surface area (Å²) >= 11 is 3.06. The molecule has 2 aromatic carbocycles. The number of ether oxygens (including phenoxy) is 1. The van der Waals surface area contributed by atoms with Gasteiger partial charge in [0.05, 0.1) is 4.47 Å². The van der Waals surface area contributed by atoms with E-state index in [-0.39, 0.29) is 34.0 Å². The smallest absolute Gasteiger partial charge is 0.339 e. The monoisotopic (exact) mass is 340 g/mol. The van der Waals surface area contributed by atoms with Gasteiger partial charge in [-0.3, -0.25) is 0 Å². The molecule has 0 spiro atoms. The number of carboxylic acids is 1. The van der Waals surface area contributed by atoms with Crippen LogP contribution in [-0.4, -0.2) is 16.2 Å². The molecule has 6 heteroatoms. The Morgan fingerprint density at radius 2 is 1.90 bits per heavy atom. The van der Waals surface area contributed by atoms with Crippen LogP contribution in [0.2, 0.25) is 0 Å². The van der Waals surface area contributed by atoms with E-state index >= 15 is 0 Å². The van der Waals surface area contributed by atoms with Crippen molar-refractivity contribution in [1.29, 1.82) is 0 Å². The van der Waals surface area contributed by atoms with Gasteiger partial charge in [0, 0.05) is 0 Å². The van der Waals surface area contributed by atoms with Crippen molar-refractivity contribution in [1.82, 2.24) is 0 Å². The summed E-state index contributed by atoms with van der Waals surface area (Å²) in [5.74, 6) is -1.66. The van der Waals surface area contributed by atoms with Crippen LogP contribution in [0, 0.1) is 5.82 Å². The van der Waals surface area contributed by atoms with Crippen LogP contribution in [0.1, 0.15) is 15.9 Å². The summed E-state index contributed by atoms with van der Waals surface area (Å²) in [4.78, 5) is 11.0. The van der Waals surface area contributed by atoms with Crippen LogP contribution in [0.4, 0.5) is 4.39 Å². The maximum Gasteiger partial charge on any atom is 0.339 e. The molecular weight excluding hydrogens is 331 g/mol. The third kappa shape index (κ3) is 3.27. The van der Waals surface area contributed by atoms with Gasteiger partial charge >= 0.3 is 5.97 Å². The number of phenols is 1. The summed E-state index contributed by atoms with van der Waals surface area (Å²) < 4.78 is 18.4. The van der Waals surface area contributed by atoms with Crippen LogP contribution >= 0.6 is 15.9 Å². The van der Waals surface area contributed by atoms with E-state index in [9.17, 15) is 14.3 Å². The van der Waals surface area contributed by atoms with Crippen molar-refractivity contribution < 1.29 is 24.1 Å². The van der Waals surface area contributed by atoms with Crippen LogP contribution < -0.4 is 4.74 Å². The lowest BCUT2D eigenvalue weighted by atomic mass is 10.2. The molecule has 0 amide bonds. The first-order valence-corrected chi connectivity index (χ1v) is 6.39. The first kappa shape index (κ1) is 14.3. The van der Waals surface area contributed by atoms with E-state index in [1.54, 1.807) is 12.1 Å². The van der Waals surface area contributed by atoms with Gasteiger partial charge in [-0.15, -0.1) is 0 Å². The molecule has 0 heterocycles. The molecule has 0 aliphatic carbocycles. The number of rotatable bonds is 4. The molecule has 0 atom stereocenters. The highest BCUT2D eigenvalue weighted by Gasteiger charge is 2.15. The third-order valence-electron chi connectivity index (χ3n) is 2.59. The zero-order valence-corrected chi connectivity index (χ0v) is 11.7. The average molecular weight is 341 g/mol. The summed E-state index contributed by atoms with van der Waals surface area (Å²) in [6.07, 6.45) is 0. The molecule has 0 saturated heterocycles. The van der Waals surface area contributed by atoms with Gasteiger partial charge in [-0.05, 0) is 45.8 Å². The fourth-order valence-corrected chi connectivity index (χ4v) is 2.01. The van der Waals surface area contributed by atoms with E-state index < -0.39 is 5.97 Å². The minimum Gasteiger partial charge on any atom is -0.506 e. The Hall–Kier alpha value is -2.08. The first-order valence-electron chi connectivity index (χ1n) is 5.60. The Labute approximate surface area is 122 Å². The molecule has 2 rings (SSSR count).